The number of aromatic nitrogens is 1. The van der Waals surface area contributed by atoms with Crippen molar-refractivity contribution in [3.63, 3.8) is 0 Å². The van der Waals surface area contributed by atoms with Crippen LogP contribution >= 0.6 is 0 Å². The van der Waals surface area contributed by atoms with E-state index in [1.165, 1.54) is 0 Å². The molecule has 1 aromatic rings. The van der Waals surface area contributed by atoms with Gasteiger partial charge in [-0.25, -0.2) is 0 Å². The zero-order valence-corrected chi connectivity index (χ0v) is 13.1. The Hall–Kier alpha value is -1.60. The molecule has 1 fully saturated rings. The number of hydrogen-bond acceptors (Lipinski definition) is 3. The van der Waals surface area contributed by atoms with Gasteiger partial charge in [0, 0.05) is 43.9 Å². The van der Waals surface area contributed by atoms with E-state index in [0.717, 1.165) is 44.5 Å². The largest absolute Gasteiger partial charge is 0.312 e. The maximum absolute atomic E-state index is 12.6. The molecule has 0 saturated carbocycles. The molecule has 4 nitrogen and oxygen atoms in total. The van der Waals surface area contributed by atoms with Gasteiger partial charge in [-0.3, -0.25) is 4.79 Å². The summed E-state index contributed by atoms with van der Waals surface area (Å²) >= 11 is 0. The number of pyridine rings is 1. The molecule has 114 valence electrons. The third-order valence-corrected chi connectivity index (χ3v) is 4.17. The van der Waals surface area contributed by atoms with Crippen molar-refractivity contribution in [1.29, 1.82) is 5.26 Å². The molecule has 1 aromatic heterocycles. The Labute approximate surface area is 127 Å². The first kappa shape index (κ1) is 15.8. The van der Waals surface area contributed by atoms with Crippen LogP contribution in [-0.2, 0) is 6.42 Å². The van der Waals surface area contributed by atoms with Crippen LogP contribution in [-0.4, -0.2) is 29.1 Å². The van der Waals surface area contributed by atoms with E-state index < -0.39 is 0 Å². The molecule has 0 aliphatic carbocycles. The molecule has 0 N–H and O–H groups in total. The van der Waals surface area contributed by atoms with E-state index in [0.29, 0.717) is 18.4 Å². The highest BCUT2D eigenvalue weighted by Crippen LogP contribution is 2.21. The molecule has 2 rings (SSSR count). The average molecular weight is 287 g/mol. The molecule has 0 atom stereocenters. The topological polar surface area (TPSA) is 49.0 Å². The van der Waals surface area contributed by atoms with Gasteiger partial charge in [0.25, 0.3) is 5.56 Å². The molecule has 0 radical (unpaired) electrons. The Morgan fingerprint density at radius 1 is 1.38 bits per heavy atom. The second-order valence-corrected chi connectivity index (χ2v) is 6.32. The lowest BCUT2D eigenvalue weighted by molar-refractivity contribution is 0.188. The average Bonchev–Trinajstić information content (AvgIpc) is 2.47. The van der Waals surface area contributed by atoms with Gasteiger partial charge in [0.05, 0.1) is 6.07 Å². The number of likely N-dealkylation sites (tertiary alicyclic amines) is 1. The molecular weight excluding hydrogens is 262 g/mol. The molecule has 0 aromatic carbocycles. The molecule has 21 heavy (non-hydrogen) atoms. The normalized spacial score (nSPS) is 17.0. The van der Waals surface area contributed by atoms with Crippen molar-refractivity contribution in [3.05, 3.63) is 34.2 Å². The van der Waals surface area contributed by atoms with Gasteiger partial charge in [-0.15, -0.1) is 0 Å². The van der Waals surface area contributed by atoms with Crippen LogP contribution in [0, 0.1) is 17.2 Å². The quantitative estimate of drug-likeness (QED) is 0.836. The number of rotatable bonds is 5. The summed E-state index contributed by atoms with van der Waals surface area (Å²) in [7, 11) is 0. The molecule has 4 heteroatoms. The molecule has 0 unspecified atom stereocenters. The number of nitriles is 1. The molecule has 0 amide bonds. The smallest absolute Gasteiger partial charge is 0.253 e. The molecule has 1 aliphatic heterocycles. The maximum Gasteiger partial charge on any atom is 0.253 e. The van der Waals surface area contributed by atoms with Crippen LogP contribution in [0.1, 0.15) is 44.7 Å². The van der Waals surface area contributed by atoms with Gasteiger partial charge in [-0.2, -0.15) is 5.26 Å². The van der Waals surface area contributed by atoms with E-state index in [1.807, 2.05) is 22.9 Å². The minimum absolute atomic E-state index is 0.182. The molecule has 2 heterocycles. The van der Waals surface area contributed by atoms with Crippen molar-refractivity contribution in [2.75, 3.05) is 19.6 Å². The van der Waals surface area contributed by atoms with Crippen molar-refractivity contribution in [3.8, 4) is 6.07 Å². The number of nitrogens with zero attached hydrogens (tertiary/aromatic N) is 3. The van der Waals surface area contributed by atoms with Crippen LogP contribution in [0.5, 0.6) is 0 Å². The van der Waals surface area contributed by atoms with E-state index in [2.05, 4.69) is 24.8 Å². The molecule has 1 saturated heterocycles. The Morgan fingerprint density at radius 3 is 2.71 bits per heavy atom. The van der Waals surface area contributed by atoms with E-state index in [-0.39, 0.29) is 5.56 Å². The highest BCUT2D eigenvalue weighted by Gasteiger charge is 2.21. The van der Waals surface area contributed by atoms with Crippen LogP contribution in [0.2, 0.25) is 0 Å². The van der Waals surface area contributed by atoms with Gasteiger partial charge in [-0.05, 0) is 31.2 Å². The van der Waals surface area contributed by atoms with Gasteiger partial charge in [-0.1, -0.05) is 19.9 Å². The number of piperidine rings is 1. The Bertz CT molecular complexity index is 548. The van der Waals surface area contributed by atoms with Crippen molar-refractivity contribution in [2.24, 2.45) is 5.92 Å². The minimum atomic E-state index is 0.182. The number of hydrogen-bond donors (Lipinski definition) is 0. The summed E-state index contributed by atoms with van der Waals surface area (Å²) in [5.74, 6) is 0.501. The lowest BCUT2D eigenvalue weighted by atomic mass is 10.0. The second-order valence-electron chi connectivity index (χ2n) is 6.32. The van der Waals surface area contributed by atoms with E-state index in [4.69, 9.17) is 5.26 Å². The predicted octanol–water partition coefficient (Wildman–Crippen LogP) is 2.60. The highest BCUT2D eigenvalue weighted by atomic mass is 16.1. The summed E-state index contributed by atoms with van der Waals surface area (Å²) in [6.07, 6.45) is 5.36. The fourth-order valence-electron chi connectivity index (χ4n) is 3.07. The fraction of sp³-hybridized carbons (Fsp3) is 0.647. The van der Waals surface area contributed by atoms with Gasteiger partial charge in [0.15, 0.2) is 0 Å². The monoisotopic (exact) mass is 287 g/mol. The van der Waals surface area contributed by atoms with Crippen molar-refractivity contribution < 1.29 is 0 Å². The van der Waals surface area contributed by atoms with Crippen molar-refractivity contribution in [1.82, 2.24) is 9.47 Å². The summed E-state index contributed by atoms with van der Waals surface area (Å²) in [6, 6.07) is 6.46. The fourth-order valence-corrected chi connectivity index (χ4v) is 3.07. The zero-order chi connectivity index (χ0) is 15.2. The van der Waals surface area contributed by atoms with Crippen LogP contribution < -0.4 is 5.56 Å². The van der Waals surface area contributed by atoms with E-state index >= 15 is 0 Å². The Morgan fingerprint density at radius 2 is 2.10 bits per heavy atom. The van der Waals surface area contributed by atoms with Gasteiger partial charge in [0.1, 0.15) is 0 Å². The lowest BCUT2D eigenvalue weighted by Gasteiger charge is -2.32. The van der Waals surface area contributed by atoms with Gasteiger partial charge >= 0.3 is 0 Å². The molecule has 1 aliphatic rings. The molecule has 0 bridgehead atoms. The first-order valence-electron chi connectivity index (χ1n) is 7.91. The van der Waals surface area contributed by atoms with E-state index in [9.17, 15) is 4.79 Å². The first-order chi connectivity index (χ1) is 10.1. The summed E-state index contributed by atoms with van der Waals surface area (Å²) in [5, 5.41) is 8.64. The summed E-state index contributed by atoms with van der Waals surface area (Å²) < 4.78 is 1.93. The zero-order valence-electron chi connectivity index (χ0n) is 13.1. The predicted molar refractivity (Wildman–Crippen MR) is 84.2 cm³/mol. The van der Waals surface area contributed by atoms with Crippen LogP contribution in [0.3, 0.4) is 0 Å². The third-order valence-electron chi connectivity index (χ3n) is 4.17. The summed E-state index contributed by atoms with van der Waals surface area (Å²) in [4.78, 5) is 14.9. The standard InChI is InChI=1S/C17H25N3O/c1-14(2)13-15-5-3-10-20(17(15)21)16-6-11-19(12-7-16)9-4-8-18/h3,5,10,14,16H,4,6-7,9,11-13H2,1-2H3. The Kier molecular flexibility index (Phi) is 5.58. The van der Waals surface area contributed by atoms with E-state index in [1.54, 1.807) is 0 Å². The third kappa shape index (κ3) is 4.18. The van der Waals surface area contributed by atoms with Crippen LogP contribution in [0.4, 0.5) is 0 Å². The summed E-state index contributed by atoms with van der Waals surface area (Å²) in [6.45, 7) is 7.10. The summed E-state index contributed by atoms with van der Waals surface area (Å²) in [5.41, 5.74) is 1.11. The van der Waals surface area contributed by atoms with Crippen LogP contribution in [0.25, 0.3) is 0 Å². The second kappa shape index (κ2) is 7.42. The maximum atomic E-state index is 12.6. The van der Waals surface area contributed by atoms with Gasteiger partial charge < -0.3 is 9.47 Å². The van der Waals surface area contributed by atoms with Gasteiger partial charge in [0.2, 0.25) is 0 Å². The minimum Gasteiger partial charge on any atom is -0.312 e. The molecule has 0 spiro atoms. The highest BCUT2D eigenvalue weighted by molar-refractivity contribution is 5.12. The first-order valence-corrected chi connectivity index (χ1v) is 7.91. The molecular formula is C17H25N3O. The van der Waals surface area contributed by atoms with Crippen molar-refractivity contribution in [2.45, 2.75) is 45.6 Å². The SMILES string of the molecule is CC(C)Cc1cccn(C2CCN(CCC#N)CC2)c1=O. The van der Waals surface area contributed by atoms with Crippen molar-refractivity contribution >= 4 is 0 Å². The lowest BCUT2D eigenvalue weighted by Crippen LogP contribution is -2.38. The van der Waals surface area contributed by atoms with Crippen LogP contribution in [0.15, 0.2) is 23.1 Å². The Balaban J connectivity index is 2.04.